The molecule has 8 heteroatoms. The van der Waals surface area contributed by atoms with Crippen molar-refractivity contribution in [3.05, 3.63) is 33.4 Å². The predicted octanol–water partition coefficient (Wildman–Crippen LogP) is 1.19. The third-order valence-corrected chi connectivity index (χ3v) is 5.84. The van der Waals surface area contributed by atoms with Gasteiger partial charge in [0.1, 0.15) is 0 Å². The Bertz CT molecular complexity index is 672. The molecule has 0 bridgehead atoms. The minimum Gasteiger partial charge on any atom is -0.314 e. The minimum atomic E-state index is -3.87. The highest BCUT2D eigenvalue weighted by Gasteiger charge is 2.36. The molecule has 0 spiro atoms. The topological polar surface area (TPSA) is 92.5 Å². The molecule has 0 amide bonds. The summed E-state index contributed by atoms with van der Waals surface area (Å²) >= 11 is 0. The molecule has 0 radical (unpaired) electrons. The van der Waals surface area contributed by atoms with E-state index < -0.39 is 14.9 Å². The lowest BCUT2D eigenvalue weighted by atomic mass is 10.1. The summed E-state index contributed by atoms with van der Waals surface area (Å²) in [4.78, 5) is 10.4. The van der Waals surface area contributed by atoms with Crippen molar-refractivity contribution in [3.8, 4) is 0 Å². The van der Waals surface area contributed by atoms with Crippen molar-refractivity contribution >= 4 is 15.7 Å². The van der Waals surface area contributed by atoms with Gasteiger partial charge in [-0.3, -0.25) is 10.1 Å². The van der Waals surface area contributed by atoms with Gasteiger partial charge in [-0.05, 0) is 38.0 Å². The van der Waals surface area contributed by atoms with Crippen LogP contribution in [0.4, 0.5) is 5.69 Å². The van der Waals surface area contributed by atoms with Crippen LogP contribution in [-0.2, 0) is 10.0 Å². The third-order valence-electron chi connectivity index (χ3n) is 3.80. The van der Waals surface area contributed by atoms with Crippen molar-refractivity contribution in [2.45, 2.75) is 31.7 Å². The summed E-state index contributed by atoms with van der Waals surface area (Å²) in [5, 5.41) is 14.3. The fourth-order valence-electron chi connectivity index (χ4n) is 2.43. The highest BCUT2D eigenvalue weighted by atomic mass is 32.2. The van der Waals surface area contributed by atoms with E-state index in [0.29, 0.717) is 25.2 Å². The number of nitro benzene ring substituents is 1. The molecule has 1 aromatic rings. The van der Waals surface area contributed by atoms with Crippen molar-refractivity contribution in [2.75, 3.05) is 19.6 Å². The van der Waals surface area contributed by atoms with Crippen LogP contribution in [-0.4, -0.2) is 43.3 Å². The normalized spacial score (nSPS) is 20.4. The Kier molecular flexibility index (Phi) is 4.31. The van der Waals surface area contributed by atoms with E-state index in [9.17, 15) is 18.5 Å². The molecule has 0 aromatic heterocycles. The van der Waals surface area contributed by atoms with E-state index in [1.807, 2.05) is 0 Å². The number of nitrogens with one attached hydrogen (secondary N) is 1. The van der Waals surface area contributed by atoms with E-state index in [2.05, 4.69) is 5.32 Å². The minimum absolute atomic E-state index is 0.218. The molecule has 1 heterocycles. The summed E-state index contributed by atoms with van der Waals surface area (Å²) in [6, 6.07) is 2.50. The lowest BCUT2D eigenvalue weighted by molar-refractivity contribution is -0.387. The van der Waals surface area contributed by atoms with Crippen molar-refractivity contribution in [1.29, 1.82) is 0 Å². The lowest BCUT2D eigenvalue weighted by Crippen LogP contribution is -2.52. The molecule has 1 aliphatic heterocycles. The van der Waals surface area contributed by atoms with Crippen molar-refractivity contribution in [3.63, 3.8) is 0 Å². The van der Waals surface area contributed by atoms with Gasteiger partial charge in [-0.15, -0.1) is 0 Å². The molecule has 1 aromatic carbocycles. The van der Waals surface area contributed by atoms with Crippen LogP contribution in [0.2, 0.25) is 0 Å². The Morgan fingerprint density at radius 3 is 2.52 bits per heavy atom. The molecule has 7 nitrogen and oxygen atoms in total. The number of hydrogen-bond donors (Lipinski definition) is 1. The van der Waals surface area contributed by atoms with Crippen LogP contribution >= 0.6 is 0 Å². The first-order valence-electron chi connectivity index (χ1n) is 6.73. The second-order valence-corrected chi connectivity index (χ2v) is 7.19. The zero-order valence-corrected chi connectivity index (χ0v) is 13.1. The summed E-state index contributed by atoms with van der Waals surface area (Å²) in [6.07, 6.45) is 0. The Hall–Kier alpha value is -1.51. The zero-order valence-electron chi connectivity index (χ0n) is 12.3. The fourth-order valence-corrected chi connectivity index (χ4v) is 4.29. The molecule has 1 saturated heterocycles. The maximum atomic E-state index is 12.8. The van der Waals surface area contributed by atoms with Gasteiger partial charge in [0.25, 0.3) is 5.69 Å². The number of nitro groups is 1. The summed E-state index contributed by atoms with van der Waals surface area (Å²) in [6.45, 7) is 6.66. The standard InChI is InChI=1S/C13H19N3O4S/c1-9-6-12(16(17)18)13(7-10(9)2)21(19,20)15-5-4-14-8-11(15)3/h6-7,11,14H,4-5,8H2,1-3H3. The first-order valence-corrected chi connectivity index (χ1v) is 8.17. The molecule has 1 unspecified atom stereocenters. The summed E-state index contributed by atoms with van der Waals surface area (Å²) in [7, 11) is -3.87. The van der Waals surface area contributed by atoms with Crippen LogP contribution in [0.25, 0.3) is 0 Å². The highest BCUT2D eigenvalue weighted by Crippen LogP contribution is 2.30. The first-order chi connectivity index (χ1) is 9.75. The zero-order chi connectivity index (χ0) is 15.8. The lowest BCUT2D eigenvalue weighted by Gasteiger charge is -2.32. The van der Waals surface area contributed by atoms with E-state index in [1.54, 1.807) is 20.8 Å². The van der Waals surface area contributed by atoms with Crippen molar-refractivity contribution in [2.24, 2.45) is 0 Å². The number of sulfonamides is 1. The highest BCUT2D eigenvalue weighted by molar-refractivity contribution is 7.89. The molecule has 0 saturated carbocycles. The van der Waals surface area contributed by atoms with Crippen molar-refractivity contribution in [1.82, 2.24) is 9.62 Å². The smallest absolute Gasteiger partial charge is 0.289 e. The molecule has 1 aliphatic rings. The summed E-state index contributed by atoms with van der Waals surface area (Å²) in [5.41, 5.74) is 1.07. The van der Waals surface area contributed by atoms with Gasteiger partial charge >= 0.3 is 0 Å². The fraction of sp³-hybridized carbons (Fsp3) is 0.538. The second kappa shape index (κ2) is 5.70. The van der Waals surface area contributed by atoms with Crippen LogP contribution in [0.1, 0.15) is 18.1 Å². The van der Waals surface area contributed by atoms with Crippen LogP contribution in [0.3, 0.4) is 0 Å². The van der Waals surface area contributed by atoms with Gasteiger partial charge in [-0.2, -0.15) is 4.31 Å². The SMILES string of the molecule is Cc1cc([N+](=O)[O-])c(S(=O)(=O)N2CCNCC2C)cc1C. The van der Waals surface area contributed by atoms with Gasteiger partial charge in [-0.1, -0.05) is 0 Å². The van der Waals surface area contributed by atoms with Crippen LogP contribution in [0.15, 0.2) is 17.0 Å². The van der Waals surface area contributed by atoms with E-state index in [4.69, 9.17) is 0 Å². The van der Waals surface area contributed by atoms with E-state index in [0.717, 1.165) is 5.56 Å². The molecule has 2 rings (SSSR count). The monoisotopic (exact) mass is 313 g/mol. The largest absolute Gasteiger partial charge is 0.314 e. The Morgan fingerprint density at radius 2 is 1.95 bits per heavy atom. The Morgan fingerprint density at radius 1 is 1.33 bits per heavy atom. The quantitative estimate of drug-likeness (QED) is 0.668. The van der Waals surface area contributed by atoms with Crippen LogP contribution in [0.5, 0.6) is 0 Å². The maximum absolute atomic E-state index is 12.8. The molecule has 1 atom stereocenters. The average Bonchev–Trinajstić information content (AvgIpc) is 2.41. The van der Waals surface area contributed by atoms with E-state index in [-0.39, 0.29) is 16.6 Å². The summed E-state index contributed by atoms with van der Waals surface area (Å²) in [5.74, 6) is 0. The maximum Gasteiger partial charge on any atom is 0.289 e. The number of piperazine rings is 1. The van der Waals surface area contributed by atoms with Gasteiger partial charge in [0.05, 0.1) is 4.92 Å². The van der Waals surface area contributed by atoms with Crippen molar-refractivity contribution < 1.29 is 13.3 Å². The Balaban J connectivity index is 2.58. The number of benzene rings is 1. The molecule has 1 fully saturated rings. The van der Waals surface area contributed by atoms with Gasteiger partial charge in [0.2, 0.25) is 10.0 Å². The molecular formula is C13H19N3O4S. The molecule has 21 heavy (non-hydrogen) atoms. The second-order valence-electron chi connectivity index (χ2n) is 5.33. The third kappa shape index (κ3) is 2.92. The van der Waals surface area contributed by atoms with Gasteiger partial charge in [0, 0.05) is 31.7 Å². The van der Waals surface area contributed by atoms with E-state index in [1.165, 1.54) is 16.4 Å². The van der Waals surface area contributed by atoms with E-state index >= 15 is 0 Å². The number of rotatable bonds is 3. The van der Waals surface area contributed by atoms with Gasteiger partial charge in [0.15, 0.2) is 4.90 Å². The molecule has 116 valence electrons. The van der Waals surface area contributed by atoms with Crippen LogP contribution in [0, 0.1) is 24.0 Å². The molecular weight excluding hydrogens is 294 g/mol. The summed E-state index contributed by atoms with van der Waals surface area (Å²) < 4.78 is 26.9. The number of nitrogens with zero attached hydrogens (tertiary/aromatic N) is 2. The molecule has 0 aliphatic carbocycles. The molecule has 1 N–H and O–H groups in total. The number of aryl methyl sites for hydroxylation is 2. The first kappa shape index (κ1) is 15.9. The van der Waals surface area contributed by atoms with Crippen LogP contribution < -0.4 is 5.32 Å². The predicted molar refractivity (Wildman–Crippen MR) is 78.8 cm³/mol. The average molecular weight is 313 g/mol. The number of hydrogen-bond acceptors (Lipinski definition) is 5. The van der Waals surface area contributed by atoms with Gasteiger partial charge in [-0.25, -0.2) is 8.42 Å². The van der Waals surface area contributed by atoms with Gasteiger partial charge < -0.3 is 5.32 Å². The Labute approximate surface area is 124 Å².